The lowest BCUT2D eigenvalue weighted by Crippen LogP contribution is -2.18. The van der Waals surface area contributed by atoms with Crippen molar-refractivity contribution in [3.63, 3.8) is 0 Å². The van der Waals surface area contributed by atoms with Gasteiger partial charge in [-0.1, -0.05) is 12.1 Å². The van der Waals surface area contributed by atoms with Crippen LogP contribution >= 0.6 is 0 Å². The van der Waals surface area contributed by atoms with Gasteiger partial charge in [0.2, 0.25) is 0 Å². The van der Waals surface area contributed by atoms with Gasteiger partial charge in [-0.15, -0.1) is 0 Å². The van der Waals surface area contributed by atoms with Crippen molar-refractivity contribution in [2.75, 3.05) is 5.32 Å². The minimum atomic E-state index is -0.588. The van der Waals surface area contributed by atoms with Gasteiger partial charge >= 0.3 is 0 Å². The lowest BCUT2D eigenvalue weighted by atomic mass is 10.1. The molecule has 2 amide bonds. The number of nitrogens with one attached hydrogen (secondary N) is 1. The van der Waals surface area contributed by atoms with Crippen LogP contribution in [-0.4, -0.2) is 21.6 Å². The zero-order chi connectivity index (χ0) is 13.8. The van der Waals surface area contributed by atoms with E-state index in [1.165, 1.54) is 0 Å². The monoisotopic (exact) mass is 258 g/mol. The summed E-state index contributed by atoms with van der Waals surface area (Å²) in [6.45, 7) is 2.61. The molecule has 0 fully saturated rings. The highest BCUT2D eigenvalue weighted by Crippen LogP contribution is 2.15. The summed E-state index contributed by atoms with van der Waals surface area (Å²) in [4.78, 5) is 23.2. The van der Waals surface area contributed by atoms with Crippen molar-refractivity contribution in [3.8, 4) is 0 Å². The molecule has 0 aliphatic carbocycles. The van der Waals surface area contributed by atoms with Crippen molar-refractivity contribution in [1.82, 2.24) is 9.78 Å². The fourth-order valence-electron chi connectivity index (χ4n) is 1.65. The van der Waals surface area contributed by atoms with Crippen LogP contribution in [0.5, 0.6) is 0 Å². The number of para-hydroxylation sites is 1. The standard InChI is InChI=1S/C13H14N4O2/c1-2-17-8-7-11(16-17)13(19)15-10-6-4-3-5-9(10)12(14)18/h3-8H,2H2,1H3,(H2,14,18)(H,15,19). The van der Waals surface area contributed by atoms with E-state index in [1.807, 2.05) is 6.92 Å². The van der Waals surface area contributed by atoms with Crippen molar-refractivity contribution < 1.29 is 9.59 Å². The Morgan fingerprint density at radius 1 is 1.32 bits per heavy atom. The number of hydrogen-bond acceptors (Lipinski definition) is 3. The van der Waals surface area contributed by atoms with Crippen LogP contribution in [0.3, 0.4) is 0 Å². The third-order valence-electron chi connectivity index (χ3n) is 2.64. The lowest BCUT2D eigenvalue weighted by molar-refractivity contribution is 0.100. The molecule has 0 atom stereocenters. The molecular formula is C13H14N4O2. The number of carbonyl (C=O) groups is 2. The first-order valence-corrected chi connectivity index (χ1v) is 5.85. The highest BCUT2D eigenvalue weighted by Gasteiger charge is 2.13. The van der Waals surface area contributed by atoms with E-state index in [0.717, 1.165) is 0 Å². The number of aryl methyl sites for hydroxylation is 1. The average Bonchev–Trinajstić information content (AvgIpc) is 2.88. The van der Waals surface area contributed by atoms with E-state index in [0.29, 0.717) is 17.9 Å². The number of nitrogens with two attached hydrogens (primary N) is 1. The fourth-order valence-corrected chi connectivity index (χ4v) is 1.65. The van der Waals surface area contributed by atoms with Crippen molar-refractivity contribution >= 4 is 17.5 Å². The molecule has 0 radical (unpaired) electrons. The molecule has 0 aliphatic rings. The zero-order valence-electron chi connectivity index (χ0n) is 10.5. The molecule has 6 nitrogen and oxygen atoms in total. The molecule has 0 saturated heterocycles. The Balaban J connectivity index is 2.21. The predicted molar refractivity (Wildman–Crippen MR) is 70.8 cm³/mol. The fraction of sp³-hybridized carbons (Fsp3) is 0.154. The van der Waals surface area contributed by atoms with Gasteiger partial charge in [-0.2, -0.15) is 5.10 Å². The molecule has 1 aromatic heterocycles. The maximum Gasteiger partial charge on any atom is 0.276 e. The smallest absolute Gasteiger partial charge is 0.276 e. The van der Waals surface area contributed by atoms with Gasteiger partial charge in [-0.3, -0.25) is 14.3 Å². The Hall–Kier alpha value is -2.63. The van der Waals surface area contributed by atoms with Crippen LogP contribution in [0.25, 0.3) is 0 Å². The number of hydrogen-bond donors (Lipinski definition) is 2. The first-order chi connectivity index (χ1) is 9.11. The van der Waals surface area contributed by atoms with Gasteiger partial charge in [0, 0.05) is 12.7 Å². The van der Waals surface area contributed by atoms with E-state index in [1.54, 1.807) is 41.2 Å². The quantitative estimate of drug-likeness (QED) is 0.864. The summed E-state index contributed by atoms with van der Waals surface area (Å²) in [6, 6.07) is 8.19. The molecule has 0 saturated carbocycles. The first kappa shape index (κ1) is 12.8. The summed E-state index contributed by atoms with van der Waals surface area (Å²) >= 11 is 0. The van der Waals surface area contributed by atoms with Gasteiger partial charge in [0.15, 0.2) is 5.69 Å². The van der Waals surface area contributed by atoms with E-state index in [-0.39, 0.29) is 11.5 Å². The zero-order valence-corrected chi connectivity index (χ0v) is 10.5. The lowest BCUT2D eigenvalue weighted by Gasteiger charge is -2.07. The normalized spacial score (nSPS) is 10.2. The van der Waals surface area contributed by atoms with Crippen LogP contribution in [0.15, 0.2) is 36.5 Å². The van der Waals surface area contributed by atoms with Crippen molar-refractivity contribution in [1.29, 1.82) is 0 Å². The average molecular weight is 258 g/mol. The van der Waals surface area contributed by atoms with E-state index in [4.69, 9.17) is 5.73 Å². The molecule has 0 bridgehead atoms. The summed E-state index contributed by atoms with van der Waals surface area (Å²) in [7, 11) is 0. The van der Waals surface area contributed by atoms with Crippen LogP contribution in [0.4, 0.5) is 5.69 Å². The molecule has 3 N–H and O–H groups in total. The topological polar surface area (TPSA) is 90.0 Å². The Bertz CT molecular complexity index is 619. The van der Waals surface area contributed by atoms with Crippen LogP contribution in [-0.2, 0) is 6.54 Å². The number of rotatable bonds is 4. The molecule has 0 unspecified atom stereocenters. The minimum absolute atomic E-state index is 0.269. The van der Waals surface area contributed by atoms with Crippen molar-refractivity contribution in [3.05, 3.63) is 47.8 Å². The number of amides is 2. The Morgan fingerprint density at radius 3 is 2.68 bits per heavy atom. The summed E-state index contributed by atoms with van der Waals surface area (Å²) in [5.74, 6) is -0.962. The van der Waals surface area contributed by atoms with E-state index in [9.17, 15) is 9.59 Å². The third kappa shape index (κ3) is 2.79. The Labute approximate surface area is 110 Å². The summed E-state index contributed by atoms with van der Waals surface area (Å²) in [5, 5.41) is 6.72. The van der Waals surface area contributed by atoms with E-state index < -0.39 is 5.91 Å². The molecule has 98 valence electrons. The number of carbonyl (C=O) groups excluding carboxylic acids is 2. The van der Waals surface area contributed by atoms with Gasteiger partial charge in [-0.05, 0) is 25.1 Å². The summed E-state index contributed by atoms with van der Waals surface area (Å²) in [5.41, 5.74) is 6.19. The molecule has 1 aromatic carbocycles. The highest BCUT2D eigenvalue weighted by atomic mass is 16.2. The third-order valence-corrected chi connectivity index (χ3v) is 2.64. The van der Waals surface area contributed by atoms with Gasteiger partial charge in [-0.25, -0.2) is 0 Å². The largest absolute Gasteiger partial charge is 0.366 e. The molecule has 0 aliphatic heterocycles. The first-order valence-electron chi connectivity index (χ1n) is 5.85. The number of aromatic nitrogens is 2. The maximum atomic E-state index is 12.0. The number of benzene rings is 1. The SMILES string of the molecule is CCn1ccc(C(=O)Nc2ccccc2C(N)=O)n1. The number of primary amides is 1. The summed E-state index contributed by atoms with van der Waals surface area (Å²) in [6.07, 6.45) is 1.72. The van der Waals surface area contributed by atoms with Crippen LogP contribution < -0.4 is 11.1 Å². The number of anilines is 1. The molecular weight excluding hydrogens is 244 g/mol. The van der Waals surface area contributed by atoms with Gasteiger partial charge in [0.1, 0.15) is 0 Å². The van der Waals surface area contributed by atoms with Gasteiger partial charge in [0.25, 0.3) is 11.8 Å². The minimum Gasteiger partial charge on any atom is -0.366 e. The van der Waals surface area contributed by atoms with Crippen molar-refractivity contribution in [2.45, 2.75) is 13.5 Å². The van der Waals surface area contributed by atoms with E-state index in [2.05, 4.69) is 10.4 Å². The van der Waals surface area contributed by atoms with E-state index >= 15 is 0 Å². The molecule has 1 heterocycles. The molecule has 2 rings (SSSR count). The van der Waals surface area contributed by atoms with Crippen LogP contribution in [0.1, 0.15) is 27.8 Å². The number of nitrogens with zero attached hydrogens (tertiary/aromatic N) is 2. The van der Waals surface area contributed by atoms with Gasteiger partial charge in [0.05, 0.1) is 11.3 Å². The predicted octanol–water partition coefficient (Wildman–Crippen LogP) is 1.25. The molecule has 2 aromatic rings. The van der Waals surface area contributed by atoms with Crippen LogP contribution in [0.2, 0.25) is 0 Å². The molecule has 19 heavy (non-hydrogen) atoms. The second kappa shape index (κ2) is 5.34. The Morgan fingerprint density at radius 2 is 2.05 bits per heavy atom. The molecule has 6 heteroatoms. The maximum absolute atomic E-state index is 12.0. The second-order valence-electron chi connectivity index (χ2n) is 3.92. The van der Waals surface area contributed by atoms with Crippen LogP contribution in [0, 0.1) is 0 Å². The summed E-state index contributed by atoms with van der Waals surface area (Å²) < 4.78 is 1.65. The Kier molecular flexibility index (Phi) is 3.61. The molecule has 0 spiro atoms. The highest BCUT2D eigenvalue weighted by molar-refractivity contribution is 6.07. The van der Waals surface area contributed by atoms with Crippen molar-refractivity contribution in [2.24, 2.45) is 5.73 Å². The van der Waals surface area contributed by atoms with Gasteiger partial charge < -0.3 is 11.1 Å². The second-order valence-corrected chi connectivity index (χ2v) is 3.92.